The summed E-state index contributed by atoms with van der Waals surface area (Å²) >= 11 is 3.86. The minimum atomic E-state index is -0.837. The normalized spacial score (nSPS) is 24.2. The maximum Gasteiger partial charge on any atom is 0.149 e. The molecular formula is C35H37BrO5. The third-order valence-corrected chi connectivity index (χ3v) is 7.75. The van der Waals surface area contributed by atoms with Gasteiger partial charge >= 0.3 is 0 Å². The molecule has 1 aliphatic heterocycles. The smallest absolute Gasteiger partial charge is 0.149 e. The lowest BCUT2D eigenvalue weighted by atomic mass is 9.94. The van der Waals surface area contributed by atoms with E-state index >= 15 is 0 Å². The highest BCUT2D eigenvalue weighted by Gasteiger charge is 2.53. The molecule has 5 atom stereocenters. The van der Waals surface area contributed by atoms with Gasteiger partial charge in [0.15, 0.2) is 0 Å². The van der Waals surface area contributed by atoms with E-state index < -0.39 is 28.9 Å². The summed E-state index contributed by atoms with van der Waals surface area (Å²) in [6.07, 6.45) is -1.74. The fourth-order valence-electron chi connectivity index (χ4n) is 5.03. The molecule has 6 heteroatoms. The number of alkyl halides is 1. The molecule has 0 radical (unpaired) electrons. The highest BCUT2D eigenvalue weighted by molar-refractivity contribution is 9.10. The summed E-state index contributed by atoms with van der Waals surface area (Å²) in [5, 5.41) is 0. The zero-order valence-corrected chi connectivity index (χ0v) is 24.9. The van der Waals surface area contributed by atoms with Crippen molar-refractivity contribution in [3.05, 3.63) is 144 Å². The SMILES string of the molecule is CC1(Br)O[C@H](COCc2ccccc2)[C@H](OCc2ccccc2)[C@H](OCc2ccccc2)[C@H]1OCc1ccccc1. The molecule has 214 valence electrons. The Morgan fingerprint density at radius 3 is 1.41 bits per heavy atom. The van der Waals surface area contributed by atoms with Gasteiger partial charge in [0.1, 0.15) is 28.9 Å². The third-order valence-electron chi connectivity index (χ3n) is 7.12. The summed E-state index contributed by atoms with van der Waals surface area (Å²) in [6.45, 7) is 4.06. The first-order valence-corrected chi connectivity index (χ1v) is 14.8. The summed E-state index contributed by atoms with van der Waals surface area (Å²) in [5.41, 5.74) is 4.34. The van der Waals surface area contributed by atoms with Gasteiger partial charge in [-0.25, -0.2) is 0 Å². The Labute approximate surface area is 251 Å². The predicted octanol–water partition coefficient (Wildman–Crippen LogP) is 7.47. The van der Waals surface area contributed by atoms with Gasteiger partial charge in [0.05, 0.1) is 33.0 Å². The van der Waals surface area contributed by atoms with Crippen molar-refractivity contribution in [2.45, 2.75) is 62.3 Å². The van der Waals surface area contributed by atoms with Gasteiger partial charge < -0.3 is 23.7 Å². The van der Waals surface area contributed by atoms with Crippen LogP contribution >= 0.6 is 15.9 Å². The number of hydrogen-bond donors (Lipinski definition) is 0. The molecule has 1 aliphatic rings. The van der Waals surface area contributed by atoms with Crippen LogP contribution in [0.2, 0.25) is 0 Å². The molecule has 4 aromatic rings. The lowest BCUT2D eigenvalue weighted by Gasteiger charge is -2.49. The lowest BCUT2D eigenvalue weighted by Crippen LogP contribution is -2.64. The quantitative estimate of drug-likeness (QED) is 0.146. The van der Waals surface area contributed by atoms with Gasteiger partial charge in [-0.1, -0.05) is 137 Å². The van der Waals surface area contributed by atoms with Gasteiger partial charge in [-0.3, -0.25) is 0 Å². The van der Waals surface area contributed by atoms with E-state index in [1.54, 1.807) is 0 Å². The van der Waals surface area contributed by atoms with E-state index in [0.29, 0.717) is 33.0 Å². The standard InChI is InChI=1S/C35H37BrO5/c1-35(36)34(40-25-30-20-12-5-13-21-30)33(39-24-29-18-10-4-11-19-29)32(38-23-28-16-8-3-9-17-28)31(41-35)26-37-22-27-14-6-2-7-15-27/h2-21,31-34H,22-26H2,1H3/t31-,32+,33+,34-,35?/m1/s1. The first-order valence-electron chi connectivity index (χ1n) is 14.0. The molecule has 1 saturated heterocycles. The zero-order valence-electron chi connectivity index (χ0n) is 23.3. The second kappa shape index (κ2) is 14.9. The van der Waals surface area contributed by atoms with Crippen molar-refractivity contribution in [2.24, 2.45) is 0 Å². The van der Waals surface area contributed by atoms with Crippen molar-refractivity contribution in [3.63, 3.8) is 0 Å². The fraction of sp³-hybridized carbons (Fsp3) is 0.314. The van der Waals surface area contributed by atoms with Crippen LogP contribution in [0.5, 0.6) is 0 Å². The summed E-state index contributed by atoms with van der Waals surface area (Å²) in [7, 11) is 0. The highest BCUT2D eigenvalue weighted by Crippen LogP contribution is 2.40. The van der Waals surface area contributed by atoms with Gasteiger partial charge in [-0.2, -0.15) is 0 Å². The van der Waals surface area contributed by atoms with Crippen LogP contribution in [0.4, 0.5) is 0 Å². The summed E-state index contributed by atoms with van der Waals surface area (Å²) < 4.78 is 31.9. The van der Waals surface area contributed by atoms with E-state index in [1.165, 1.54) is 0 Å². The summed E-state index contributed by atoms with van der Waals surface area (Å²) in [6, 6.07) is 40.6. The molecule has 0 bridgehead atoms. The molecule has 5 rings (SSSR count). The molecule has 41 heavy (non-hydrogen) atoms. The molecule has 1 unspecified atom stereocenters. The maximum atomic E-state index is 6.69. The minimum absolute atomic E-state index is 0.339. The second-order valence-corrected chi connectivity index (χ2v) is 12.0. The fourth-order valence-corrected chi connectivity index (χ4v) is 5.66. The van der Waals surface area contributed by atoms with E-state index in [4.69, 9.17) is 23.7 Å². The van der Waals surface area contributed by atoms with Crippen molar-refractivity contribution in [3.8, 4) is 0 Å². The Kier molecular flexibility index (Phi) is 10.8. The van der Waals surface area contributed by atoms with E-state index in [2.05, 4.69) is 64.5 Å². The molecule has 1 heterocycles. The topological polar surface area (TPSA) is 46.2 Å². The Hall–Kier alpha value is -2.84. The average Bonchev–Trinajstić information content (AvgIpc) is 3.01. The largest absolute Gasteiger partial charge is 0.374 e. The molecular weight excluding hydrogens is 580 g/mol. The van der Waals surface area contributed by atoms with Crippen molar-refractivity contribution >= 4 is 15.9 Å². The van der Waals surface area contributed by atoms with Crippen molar-refractivity contribution in [1.82, 2.24) is 0 Å². The predicted molar refractivity (Wildman–Crippen MR) is 163 cm³/mol. The number of benzene rings is 4. The van der Waals surface area contributed by atoms with Crippen molar-refractivity contribution < 1.29 is 23.7 Å². The zero-order chi connectivity index (χ0) is 28.3. The first-order chi connectivity index (χ1) is 20.1. The molecule has 4 aromatic carbocycles. The van der Waals surface area contributed by atoms with Crippen LogP contribution in [0.1, 0.15) is 29.2 Å². The highest BCUT2D eigenvalue weighted by atomic mass is 79.9. The van der Waals surface area contributed by atoms with Gasteiger partial charge in [-0.05, 0) is 29.2 Å². The van der Waals surface area contributed by atoms with Crippen LogP contribution in [0.15, 0.2) is 121 Å². The van der Waals surface area contributed by atoms with E-state index in [9.17, 15) is 0 Å². The number of halogens is 1. The molecule has 0 N–H and O–H groups in total. The maximum absolute atomic E-state index is 6.69. The minimum Gasteiger partial charge on any atom is -0.374 e. The van der Waals surface area contributed by atoms with Crippen LogP contribution in [0.25, 0.3) is 0 Å². The summed E-state index contributed by atoms with van der Waals surface area (Å²) in [5.74, 6) is 0. The van der Waals surface area contributed by atoms with E-state index in [1.807, 2.05) is 79.7 Å². The molecule has 0 aliphatic carbocycles. The van der Waals surface area contributed by atoms with Gasteiger partial charge in [0.2, 0.25) is 0 Å². The summed E-state index contributed by atoms with van der Waals surface area (Å²) in [4.78, 5) is 0. The van der Waals surface area contributed by atoms with Crippen molar-refractivity contribution in [1.29, 1.82) is 0 Å². The molecule has 0 saturated carbocycles. The number of hydrogen-bond acceptors (Lipinski definition) is 5. The number of ether oxygens (including phenoxy) is 5. The monoisotopic (exact) mass is 616 g/mol. The second-order valence-electron chi connectivity index (χ2n) is 10.4. The third kappa shape index (κ3) is 8.58. The van der Waals surface area contributed by atoms with Gasteiger partial charge in [-0.15, -0.1) is 0 Å². The Morgan fingerprint density at radius 1 is 0.561 bits per heavy atom. The van der Waals surface area contributed by atoms with Crippen LogP contribution in [-0.4, -0.2) is 35.5 Å². The first kappa shape index (κ1) is 29.6. The van der Waals surface area contributed by atoms with Crippen molar-refractivity contribution in [2.75, 3.05) is 6.61 Å². The Balaban J connectivity index is 1.39. The van der Waals surface area contributed by atoms with E-state index in [-0.39, 0.29) is 0 Å². The molecule has 0 spiro atoms. The van der Waals surface area contributed by atoms with Crippen LogP contribution in [0.3, 0.4) is 0 Å². The molecule has 0 amide bonds. The molecule has 5 nitrogen and oxygen atoms in total. The lowest BCUT2D eigenvalue weighted by molar-refractivity contribution is -0.277. The van der Waals surface area contributed by atoms with Gasteiger partial charge in [0.25, 0.3) is 0 Å². The van der Waals surface area contributed by atoms with Crippen LogP contribution in [0, 0.1) is 0 Å². The molecule has 0 aromatic heterocycles. The Morgan fingerprint density at radius 2 is 0.951 bits per heavy atom. The average molecular weight is 618 g/mol. The number of rotatable bonds is 13. The van der Waals surface area contributed by atoms with Crippen LogP contribution in [-0.2, 0) is 50.1 Å². The molecule has 1 fully saturated rings. The van der Waals surface area contributed by atoms with E-state index in [0.717, 1.165) is 22.3 Å². The van der Waals surface area contributed by atoms with Crippen LogP contribution < -0.4 is 0 Å². The Bertz CT molecular complexity index is 1290. The van der Waals surface area contributed by atoms with Gasteiger partial charge in [0, 0.05) is 0 Å².